The molecule has 2 heterocycles. The third-order valence-electron chi connectivity index (χ3n) is 3.73. The fourth-order valence-electron chi connectivity index (χ4n) is 2.42. The molecular weight excluding hydrogens is 242 g/mol. The number of nitrogens with one attached hydrogen (secondary N) is 1. The van der Waals surface area contributed by atoms with Gasteiger partial charge in [0, 0.05) is 24.1 Å². The molecule has 0 bridgehead atoms. The Balaban J connectivity index is 1.82. The molecule has 3 rings (SSSR count). The van der Waals surface area contributed by atoms with Gasteiger partial charge in [0.2, 0.25) is 0 Å². The van der Waals surface area contributed by atoms with Gasteiger partial charge in [-0.1, -0.05) is 28.5 Å². The fourth-order valence-corrected chi connectivity index (χ4v) is 2.42. The number of rotatable bonds is 3. The van der Waals surface area contributed by atoms with Crippen LogP contribution in [0.5, 0.6) is 5.75 Å². The molecule has 0 radical (unpaired) electrons. The van der Waals surface area contributed by atoms with Gasteiger partial charge in [-0.25, -0.2) is 4.63 Å². The predicted octanol–water partition coefficient (Wildman–Crippen LogP) is 2.17. The van der Waals surface area contributed by atoms with Crippen LogP contribution in [-0.2, 0) is 12.1 Å². The van der Waals surface area contributed by atoms with E-state index in [1.807, 2.05) is 25.1 Å². The molecule has 2 aromatic rings. The van der Waals surface area contributed by atoms with Gasteiger partial charge in [-0.15, -0.1) is 0 Å². The van der Waals surface area contributed by atoms with Crippen molar-refractivity contribution in [1.82, 2.24) is 15.6 Å². The molecular formula is C14H17N3O2. The Morgan fingerprint density at radius 3 is 2.95 bits per heavy atom. The minimum absolute atomic E-state index is 0.111. The zero-order chi connectivity index (χ0) is 13.3. The Morgan fingerprint density at radius 1 is 1.32 bits per heavy atom. The number of nitrogens with zero attached hydrogens (tertiary/aromatic N) is 2. The van der Waals surface area contributed by atoms with Gasteiger partial charge in [-0.05, 0) is 19.9 Å². The van der Waals surface area contributed by atoms with Gasteiger partial charge in [0.05, 0.1) is 6.61 Å². The smallest absolute Gasteiger partial charge is 0.124 e. The molecule has 5 heteroatoms. The molecule has 1 unspecified atom stereocenters. The minimum atomic E-state index is -0.111. The normalized spacial score (nSPS) is 21.8. The Labute approximate surface area is 111 Å². The Hall–Kier alpha value is -1.88. The summed E-state index contributed by atoms with van der Waals surface area (Å²) < 4.78 is 10.4. The summed E-state index contributed by atoms with van der Waals surface area (Å²) in [4.78, 5) is 0. The first-order valence-corrected chi connectivity index (χ1v) is 6.44. The lowest BCUT2D eigenvalue weighted by atomic mass is 9.86. The van der Waals surface area contributed by atoms with Crippen LogP contribution in [-0.4, -0.2) is 16.9 Å². The number of para-hydroxylation sites is 1. The highest BCUT2D eigenvalue weighted by atomic mass is 16.6. The number of ether oxygens (including phenoxy) is 1. The highest BCUT2D eigenvalue weighted by Crippen LogP contribution is 2.36. The van der Waals surface area contributed by atoms with Crippen LogP contribution in [0.3, 0.4) is 0 Å². The summed E-state index contributed by atoms with van der Waals surface area (Å²) in [6.45, 7) is 5.45. The Bertz CT molecular complexity index is 582. The second kappa shape index (κ2) is 4.66. The zero-order valence-electron chi connectivity index (χ0n) is 11.1. The zero-order valence-corrected chi connectivity index (χ0v) is 11.1. The van der Waals surface area contributed by atoms with Crippen molar-refractivity contribution in [3.63, 3.8) is 0 Å². The molecule has 0 fully saturated rings. The number of aromatic nitrogens is 2. The summed E-state index contributed by atoms with van der Waals surface area (Å²) in [5, 5.41) is 11.3. The SMILES string of the molecule is Cc1nonc1CNC1(C)CCOc2ccccc21. The molecule has 1 aliphatic rings. The van der Waals surface area contributed by atoms with Gasteiger partial charge in [-0.2, -0.15) is 0 Å². The highest BCUT2D eigenvalue weighted by molar-refractivity contribution is 5.40. The van der Waals surface area contributed by atoms with E-state index in [4.69, 9.17) is 9.37 Å². The second-order valence-corrected chi connectivity index (χ2v) is 5.08. The van der Waals surface area contributed by atoms with E-state index in [-0.39, 0.29) is 5.54 Å². The average Bonchev–Trinajstić information content (AvgIpc) is 2.83. The van der Waals surface area contributed by atoms with Crippen molar-refractivity contribution in [3.05, 3.63) is 41.2 Å². The van der Waals surface area contributed by atoms with Crippen LogP contribution >= 0.6 is 0 Å². The lowest BCUT2D eigenvalue weighted by molar-refractivity contribution is 0.194. The number of benzene rings is 1. The third kappa shape index (κ3) is 2.21. The molecule has 1 atom stereocenters. The lowest BCUT2D eigenvalue weighted by Gasteiger charge is -2.36. The van der Waals surface area contributed by atoms with E-state index in [9.17, 15) is 0 Å². The maximum absolute atomic E-state index is 5.69. The number of hydrogen-bond donors (Lipinski definition) is 1. The molecule has 0 spiro atoms. The molecule has 100 valence electrons. The van der Waals surface area contributed by atoms with E-state index in [1.54, 1.807) is 0 Å². The first kappa shape index (κ1) is 12.2. The standard InChI is InChI=1S/C14H17N3O2/c1-10-12(17-19-16-10)9-15-14(2)7-8-18-13-6-4-3-5-11(13)14/h3-6,15H,7-9H2,1-2H3. The molecule has 5 nitrogen and oxygen atoms in total. The molecule has 0 amide bonds. The highest BCUT2D eigenvalue weighted by Gasteiger charge is 2.32. The lowest BCUT2D eigenvalue weighted by Crippen LogP contribution is -2.43. The van der Waals surface area contributed by atoms with Crippen molar-refractivity contribution in [2.24, 2.45) is 0 Å². The van der Waals surface area contributed by atoms with E-state index >= 15 is 0 Å². The van der Waals surface area contributed by atoms with E-state index in [1.165, 1.54) is 5.56 Å². The summed E-state index contributed by atoms with van der Waals surface area (Å²) in [5.41, 5.74) is 2.76. The van der Waals surface area contributed by atoms with Crippen LogP contribution in [0, 0.1) is 6.92 Å². The first-order chi connectivity index (χ1) is 9.19. The summed E-state index contributed by atoms with van der Waals surface area (Å²) in [5.74, 6) is 0.957. The van der Waals surface area contributed by atoms with Crippen LogP contribution in [0.25, 0.3) is 0 Å². The molecule has 1 aliphatic heterocycles. The number of aryl methyl sites for hydroxylation is 1. The Kier molecular flexibility index (Phi) is 2.98. The van der Waals surface area contributed by atoms with Crippen molar-refractivity contribution in [3.8, 4) is 5.75 Å². The largest absolute Gasteiger partial charge is 0.493 e. The van der Waals surface area contributed by atoms with E-state index in [0.717, 1.165) is 30.2 Å². The van der Waals surface area contributed by atoms with E-state index in [2.05, 4.69) is 28.6 Å². The molecule has 1 N–H and O–H groups in total. The monoisotopic (exact) mass is 259 g/mol. The van der Waals surface area contributed by atoms with Gasteiger partial charge in [0.1, 0.15) is 17.1 Å². The van der Waals surface area contributed by atoms with Crippen molar-refractivity contribution >= 4 is 0 Å². The molecule has 1 aromatic carbocycles. The predicted molar refractivity (Wildman–Crippen MR) is 69.8 cm³/mol. The van der Waals surface area contributed by atoms with Crippen molar-refractivity contribution in [2.75, 3.05) is 6.61 Å². The summed E-state index contributed by atoms with van der Waals surface area (Å²) in [7, 11) is 0. The maximum atomic E-state index is 5.69. The van der Waals surface area contributed by atoms with E-state index in [0.29, 0.717) is 6.54 Å². The third-order valence-corrected chi connectivity index (χ3v) is 3.73. The van der Waals surface area contributed by atoms with E-state index < -0.39 is 0 Å². The van der Waals surface area contributed by atoms with Crippen molar-refractivity contribution in [2.45, 2.75) is 32.4 Å². The molecule has 0 saturated heterocycles. The van der Waals surface area contributed by atoms with Gasteiger partial charge in [0.15, 0.2) is 0 Å². The topological polar surface area (TPSA) is 60.2 Å². The van der Waals surface area contributed by atoms with Gasteiger partial charge >= 0.3 is 0 Å². The number of hydrogen-bond acceptors (Lipinski definition) is 5. The van der Waals surface area contributed by atoms with Crippen LogP contribution in [0.2, 0.25) is 0 Å². The summed E-state index contributed by atoms with van der Waals surface area (Å²) >= 11 is 0. The maximum Gasteiger partial charge on any atom is 0.124 e. The average molecular weight is 259 g/mol. The summed E-state index contributed by atoms with van der Waals surface area (Å²) in [6.07, 6.45) is 0.925. The van der Waals surface area contributed by atoms with Crippen molar-refractivity contribution < 1.29 is 9.37 Å². The molecule has 0 aliphatic carbocycles. The van der Waals surface area contributed by atoms with Crippen molar-refractivity contribution in [1.29, 1.82) is 0 Å². The van der Waals surface area contributed by atoms with Gasteiger partial charge < -0.3 is 10.1 Å². The van der Waals surface area contributed by atoms with Crippen LogP contribution < -0.4 is 10.1 Å². The van der Waals surface area contributed by atoms with Gasteiger partial charge in [-0.3, -0.25) is 0 Å². The minimum Gasteiger partial charge on any atom is -0.493 e. The van der Waals surface area contributed by atoms with Gasteiger partial charge in [0.25, 0.3) is 0 Å². The van der Waals surface area contributed by atoms with Crippen LogP contribution in [0.1, 0.15) is 30.3 Å². The summed E-state index contributed by atoms with van der Waals surface area (Å²) in [6, 6.07) is 8.15. The van der Waals surface area contributed by atoms with Crippen LogP contribution in [0.15, 0.2) is 28.9 Å². The van der Waals surface area contributed by atoms with Crippen LogP contribution in [0.4, 0.5) is 0 Å². The molecule has 19 heavy (non-hydrogen) atoms. The molecule has 0 saturated carbocycles. The fraction of sp³-hybridized carbons (Fsp3) is 0.429. The quantitative estimate of drug-likeness (QED) is 0.915. The first-order valence-electron chi connectivity index (χ1n) is 6.44. The molecule has 1 aromatic heterocycles. The second-order valence-electron chi connectivity index (χ2n) is 5.08. The Morgan fingerprint density at radius 2 is 2.16 bits per heavy atom. The number of fused-ring (bicyclic) bond motifs is 1.